The Bertz CT molecular complexity index is 590. The van der Waals surface area contributed by atoms with Gasteiger partial charge in [0.2, 0.25) is 0 Å². The lowest BCUT2D eigenvalue weighted by Gasteiger charge is -2.28. The van der Waals surface area contributed by atoms with Crippen molar-refractivity contribution in [2.24, 2.45) is 0 Å². The quantitative estimate of drug-likeness (QED) is 0.824. The average molecular weight is 294 g/mol. The van der Waals surface area contributed by atoms with Gasteiger partial charge in [-0.05, 0) is 54.6 Å². The third kappa shape index (κ3) is 3.22. The molecule has 1 aliphatic heterocycles. The predicted octanol–water partition coefficient (Wildman–Crippen LogP) is 4.56. The van der Waals surface area contributed by atoms with E-state index >= 15 is 0 Å². The second kappa shape index (κ2) is 6.21. The van der Waals surface area contributed by atoms with Gasteiger partial charge in [-0.15, -0.1) is 0 Å². The third-order valence-electron chi connectivity index (χ3n) is 4.57. The number of hydrogen-bond acceptors (Lipinski definition) is 2. The summed E-state index contributed by atoms with van der Waals surface area (Å²) in [5.41, 5.74) is 4.10. The number of likely N-dealkylation sites (tertiary alicyclic amines) is 1. The molecule has 0 spiro atoms. The van der Waals surface area contributed by atoms with Crippen LogP contribution in [0.5, 0.6) is 0 Å². The van der Waals surface area contributed by atoms with Crippen LogP contribution in [0.1, 0.15) is 56.5 Å². The molecule has 1 unspecified atom stereocenters. The van der Waals surface area contributed by atoms with Crippen molar-refractivity contribution < 1.29 is 0 Å². The molecular formula is C20H26N2. The van der Waals surface area contributed by atoms with Gasteiger partial charge in [-0.1, -0.05) is 51.1 Å². The zero-order valence-electron chi connectivity index (χ0n) is 13.9. The van der Waals surface area contributed by atoms with Crippen molar-refractivity contribution in [1.82, 2.24) is 9.88 Å². The molecule has 1 aromatic carbocycles. The largest absolute Gasteiger partial charge is 0.291 e. The molecular weight excluding hydrogens is 268 g/mol. The van der Waals surface area contributed by atoms with Crippen LogP contribution in [0.3, 0.4) is 0 Å². The normalized spacial score (nSPS) is 17.6. The monoisotopic (exact) mass is 294 g/mol. The summed E-state index contributed by atoms with van der Waals surface area (Å²) in [7, 11) is 0. The topological polar surface area (TPSA) is 16.1 Å². The van der Waals surface area contributed by atoms with Crippen LogP contribution in [0, 0.1) is 0 Å². The minimum atomic E-state index is 0.201. The van der Waals surface area contributed by atoms with Crippen LogP contribution in [0.25, 0.3) is 0 Å². The summed E-state index contributed by atoms with van der Waals surface area (Å²) in [6.45, 7) is 9.13. The number of hydrogen-bond donors (Lipinski definition) is 0. The average Bonchev–Trinajstić information content (AvgIpc) is 3.02. The van der Waals surface area contributed by atoms with Crippen LogP contribution in [0.4, 0.5) is 0 Å². The van der Waals surface area contributed by atoms with E-state index in [1.165, 1.54) is 37.1 Å². The SMILES string of the molecule is CC(C)(C)c1ccc(C(c2ccccn2)N2CCCC2)cc1. The Hall–Kier alpha value is -1.67. The van der Waals surface area contributed by atoms with E-state index in [0.29, 0.717) is 0 Å². The Morgan fingerprint density at radius 2 is 1.64 bits per heavy atom. The van der Waals surface area contributed by atoms with Crippen LogP contribution < -0.4 is 0 Å². The van der Waals surface area contributed by atoms with Crippen molar-refractivity contribution in [1.29, 1.82) is 0 Å². The van der Waals surface area contributed by atoms with E-state index < -0.39 is 0 Å². The first-order valence-electron chi connectivity index (χ1n) is 8.31. The maximum Gasteiger partial charge on any atom is 0.0776 e. The molecule has 0 radical (unpaired) electrons. The fourth-order valence-corrected chi connectivity index (χ4v) is 3.27. The first kappa shape index (κ1) is 15.2. The van der Waals surface area contributed by atoms with Gasteiger partial charge in [-0.2, -0.15) is 0 Å². The highest BCUT2D eigenvalue weighted by molar-refractivity contribution is 5.33. The molecule has 116 valence electrons. The summed E-state index contributed by atoms with van der Waals surface area (Å²) in [6.07, 6.45) is 4.49. The van der Waals surface area contributed by atoms with Gasteiger partial charge in [0.15, 0.2) is 0 Å². The van der Waals surface area contributed by atoms with Crippen molar-refractivity contribution >= 4 is 0 Å². The predicted molar refractivity (Wildman–Crippen MR) is 92.0 cm³/mol. The lowest BCUT2D eigenvalue weighted by atomic mass is 9.86. The molecule has 1 aliphatic rings. The number of benzene rings is 1. The standard InChI is InChI=1S/C20H26N2/c1-20(2,3)17-11-9-16(10-12-17)19(22-14-6-7-15-22)18-8-4-5-13-21-18/h4-5,8-13,19H,6-7,14-15H2,1-3H3. The fourth-order valence-electron chi connectivity index (χ4n) is 3.27. The van der Waals surface area contributed by atoms with Crippen LogP contribution in [-0.4, -0.2) is 23.0 Å². The Morgan fingerprint density at radius 1 is 0.955 bits per heavy atom. The van der Waals surface area contributed by atoms with Crippen molar-refractivity contribution in [2.45, 2.75) is 45.1 Å². The van der Waals surface area contributed by atoms with E-state index in [9.17, 15) is 0 Å². The van der Waals surface area contributed by atoms with E-state index in [4.69, 9.17) is 0 Å². The molecule has 0 aliphatic carbocycles. The second-order valence-corrected chi connectivity index (χ2v) is 7.27. The molecule has 1 atom stereocenters. The molecule has 2 heterocycles. The maximum absolute atomic E-state index is 4.63. The smallest absolute Gasteiger partial charge is 0.0776 e. The highest BCUT2D eigenvalue weighted by atomic mass is 15.2. The second-order valence-electron chi connectivity index (χ2n) is 7.27. The van der Waals surface area contributed by atoms with Crippen LogP contribution in [0.15, 0.2) is 48.7 Å². The van der Waals surface area contributed by atoms with Crippen LogP contribution in [0.2, 0.25) is 0 Å². The Morgan fingerprint density at radius 3 is 2.18 bits per heavy atom. The molecule has 3 rings (SSSR count). The van der Waals surface area contributed by atoms with E-state index in [1.807, 2.05) is 12.3 Å². The molecule has 0 saturated carbocycles. The summed E-state index contributed by atoms with van der Waals surface area (Å²) in [5.74, 6) is 0. The van der Waals surface area contributed by atoms with Gasteiger partial charge in [-0.25, -0.2) is 0 Å². The Labute approximate surface area is 134 Å². The van der Waals surface area contributed by atoms with Gasteiger partial charge in [0.05, 0.1) is 11.7 Å². The molecule has 2 nitrogen and oxygen atoms in total. The Balaban J connectivity index is 1.95. The summed E-state index contributed by atoms with van der Waals surface area (Å²) in [5, 5.41) is 0. The van der Waals surface area contributed by atoms with Gasteiger partial charge in [-0.3, -0.25) is 9.88 Å². The van der Waals surface area contributed by atoms with Gasteiger partial charge in [0, 0.05) is 6.20 Å². The summed E-state index contributed by atoms with van der Waals surface area (Å²) in [6, 6.07) is 15.7. The van der Waals surface area contributed by atoms with Crippen LogP contribution in [-0.2, 0) is 5.41 Å². The van der Waals surface area contributed by atoms with Crippen LogP contribution >= 0.6 is 0 Å². The van der Waals surface area contributed by atoms with Gasteiger partial charge < -0.3 is 0 Å². The van der Waals surface area contributed by atoms with Crippen molar-refractivity contribution in [3.63, 3.8) is 0 Å². The fraction of sp³-hybridized carbons (Fsp3) is 0.450. The van der Waals surface area contributed by atoms with Gasteiger partial charge in [0.1, 0.15) is 0 Å². The molecule has 1 fully saturated rings. The number of pyridine rings is 1. The minimum Gasteiger partial charge on any atom is -0.291 e. The highest BCUT2D eigenvalue weighted by Gasteiger charge is 2.26. The summed E-state index contributed by atoms with van der Waals surface area (Å²) < 4.78 is 0. The summed E-state index contributed by atoms with van der Waals surface area (Å²) >= 11 is 0. The number of rotatable bonds is 3. The molecule has 0 bridgehead atoms. The highest BCUT2D eigenvalue weighted by Crippen LogP contribution is 2.32. The zero-order valence-corrected chi connectivity index (χ0v) is 13.9. The molecule has 1 saturated heterocycles. The van der Waals surface area contributed by atoms with E-state index in [0.717, 1.165) is 5.69 Å². The van der Waals surface area contributed by atoms with E-state index in [2.05, 4.69) is 67.1 Å². The zero-order chi connectivity index (χ0) is 15.6. The molecule has 2 aromatic rings. The molecule has 0 N–H and O–H groups in total. The first-order valence-corrected chi connectivity index (χ1v) is 8.31. The summed E-state index contributed by atoms with van der Waals surface area (Å²) in [4.78, 5) is 7.19. The Kier molecular flexibility index (Phi) is 4.30. The minimum absolute atomic E-state index is 0.201. The van der Waals surface area contributed by atoms with Gasteiger partial charge >= 0.3 is 0 Å². The van der Waals surface area contributed by atoms with E-state index in [-0.39, 0.29) is 11.5 Å². The van der Waals surface area contributed by atoms with Crippen molar-refractivity contribution in [3.8, 4) is 0 Å². The lowest BCUT2D eigenvalue weighted by molar-refractivity contribution is 0.276. The van der Waals surface area contributed by atoms with Crippen molar-refractivity contribution in [3.05, 3.63) is 65.5 Å². The molecule has 22 heavy (non-hydrogen) atoms. The molecule has 0 amide bonds. The maximum atomic E-state index is 4.63. The first-order chi connectivity index (χ1) is 10.6. The molecule has 1 aromatic heterocycles. The number of nitrogens with zero attached hydrogens (tertiary/aromatic N) is 2. The van der Waals surface area contributed by atoms with Gasteiger partial charge in [0.25, 0.3) is 0 Å². The van der Waals surface area contributed by atoms with E-state index in [1.54, 1.807) is 0 Å². The lowest BCUT2D eigenvalue weighted by Crippen LogP contribution is -2.27. The number of aromatic nitrogens is 1. The van der Waals surface area contributed by atoms with Crippen molar-refractivity contribution in [2.75, 3.05) is 13.1 Å². The third-order valence-corrected chi connectivity index (χ3v) is 4.57. The molecule has 2 heteroatoms.